The molecule has 0 radical (unpaired) electrons. The highest BCUT2D eigenvalue weighted by molar-refractivity contribution is 5.88. The predicted molar refractivity (Wildman–Crippen MR) is 128 cm³/mol. The first-order valence-electron chi connectivity index (χ1n) is 13.0. The predicted octanol–water partition coefficient (Wildman–Crippen LogP) is 2.39. The van der Waals surface area contributed by atoms with Crippen molar-refractivity contribution in [3.8, 4) is 0 Å². The highest BCUT2D eigenvalue weighted by Gasteiger charge is 2.86. The maximum atomic E-state index is 12.8. The summed E-state index contributed by atoms with van der Waals surface area (Å²) in [6.07, 6.45) is -1.43. The van der Waals surface area contributed by atoms with Crippen molar-refractivity contribution >= 4 is 23.9 Å². The highest BCUT2D eigenvalue weighted by atomic mass is 16.7. The molecule has 4 rings (SSSR count). The molecule has 1 N–H and O–H groups in total. The number of hydrogen-bond donors (Lipinski definition) is 1. The quantitative estimate of drug-likeness (QED) is 0.253. The first-order chi connectivity index (χ1) is 17.2. The van der Waals surface area contributed by atoms with Crippen LogP contribution in [0.1, 0.15) is 74.1 Å². The molecule has 0 aromatic rings. The number of esters is 4. The third-order valence-electron chi connectivity index (χ3n) is 9.03. The van der Waals surface area contributed by atoms with Gasteiger partial charge < -0.3 is 28.8 Å². The van der Waals surface area contributed by atoms with E-state index in [4.69, 9.17) is 23.7 Å². The van der Waals surface area contributed by atoms with Crippen molar-refractivity contribution in [2.75, 3.05) is 0 Å². The number of hydrogen-bond acceptors (Lipinski definition) is 10. The number of aliphatic hydroxyl groups excluding tert-OH is 1. The van der Waals surface area contributed by atoms with Crippen molar-refractivity contribution in [2.24, 2.45) is 17.3 Å². The molecule has 3 fully saturated rings. The van der Waals surface area contributed by atoms with Gasteiger partial charge in [0.25, 0.3) is 0 Å². The molecule has 37 heavy (non-hydrogen) atoms. The Kier molecular flexibility index (Phi) is 6.99. The van der Waals surface area contributed by atoms with Crippen molar-refractivity contribution in [3.05, 3.63) is 11.6 Å². The number of rotatable bonds is 4. The fourth-order valence-electron chi connectivity index (χ4n) is 7.02. The van der Waals surface area contributed by atoms with E-state index < -0.39 is 82.8 Å². The minimum absolute atomic E-state index is 0.154. The summed E-state index contributed by atoms with van der Waals surface area (Å²) >= 11 is 0. The lowest BCUT2D eigenvalue weighted by Crippen LogP contribution is -2.65. The van der Waals surface area contributed by atoms with Gasteiger partial charge in [0.2, 0.25) is 0 Å². The van der Waals surface area contributed by atoms with E-state index in [9.17, 15) is 24.3 Å². The van der Waals surface area contributed by atoms with Gasteiger partial charge in [0, 0.05) is 38.0 Å². The molecule has 10 nitrogen and oxygen atoms in total. The van der Waals surface area contributed by atoms with Crippen LogP contribution >= 0.6 is 0 Å². The van der Waals surface area contributed by atoms with Crippen LogP contribution in [-0.2, 0) is 42.9 Å². The summed E-state index contributed by atoms with van der Waals surface area (Å²) in [6.45, 7) is 11.4. The van der Waals surface area contributed by atoms with Crippen LogP contribution in [0.5, 0.6) is 0 Å². The van der Waals surface area contributed by atoms with Crippen LogP contribution < -0.4 is 0 Å². The first-order valence-corrected chi connectivity index (χ1v) is 13.0. The third kappa shape index (κ3) is 4.16. The van der Waals surface area contributed by atoms with Gasteiger partial charge in [-0.2, -0.15) is 0 Å². The Bertz CT molecular complexity index is 1020. The lowest BCUT2D eigenvalue weighted by Gasteiger charge is -2.56. The third-order valence-corrected chi connectivity index (χ3v) is 9.03. The second-order valence-corrected chi connectivity index (χ2v) is 11.3. The highest BCUT2D eigenvalue weighted by Crippen LogP contribution is 2.65. The number of aliphatic hydroxyl groups is 1. The van der Waals surface area contributed by atoms with Crippen molar-refractivity contribution in [1.82, 2.24) is 0 Å². The van der Waals surface area contributed by atoms with Crippen molar-refractivity contribution < 1.29 is 48.0 Å². The molecule has 1 spiro atoms. The fraction of sp³-hybridized carbons (Fsp3) is 0.778. The van der Waals surface area contributed by atoms with Crippen molar-refractivity contribution in [3.63, 3.8) is 0 Å². The van der Waals surface area contributed by atoms with Crippen LogP contribution in [0.25, 0.3) is 0 Å². The first kappa shape index (κ1) is 27.6. The summed E-state index contributed by atoms with van der Waals surface area (Å²) in [4.78, 5) is 49.7. The molecular weight excluding hydrogens is 484 g/mol. The average Bonchev–Trinajstić information content (AvgIpc) is 3.40. The number of carbonyl (C=O) groups is 4. The monoisotopic (exact) mass is 522 g/mol. The molecule has 2 aliphatic heterocycles. The molecule has 206 valence electrons. The molecule has 10 atom stereocenters. The van der Waals surface area contributed by atoms with Gasteiger partial charge in [0.05, 0.1) is 6.10 Å². The zero-order chi connectivity index (χ0) is 27.5. The summed E-state index contributed by atoms with van der Waals surface area (Å²) in [5.41, 5.74) is -2.98. The van der Waals surface area contributed by atoms with Gasteiger partial charge in [-0.1, -0.05) is 26.3 Å². The van der Waals surface area contributed by atoms with E-state index in [1.165, 1.54) is 13.8 Å². The van der Waals surface area contributed by atoms with Gasteiger partial charge in [0.1, 0.15) is 18.3 Å². The number of ether oxygens (including phenoxy) is 5. The number of fused-ring (bicyclic) bond motifs is 1. The smallest absolute Gasteiger partial charge is 0.342 e. The van der Waals surface area contributed by atoms with Gasteiger partial charge in [-0.25, -0.2) is 4.79 Å². The van der Waals surface area contributed by atoms with E-state index in [0.29, 0.717) is 12.8 Å². The van der Waals surface area contributed by atoms with Crippen LogP contribution in [0.2, 0.25) is 0 Å². The fourth-order valence-corrected chi connectivity index (χ4v) is 7.02. The summed E-state index contributed by atoms with van der Waals surface area (Å²) in [7, 11) is 0. The average molecular weight is 523 g/mol. The van der Waals surface area contributed by atoms with Crippen LogP contribution in [0.4, 0.5) is 0 Å². The van der Waals surface area contributed by atoms with E-state index >= 15 is 0 Å². The maximum absolute atomic E-state index is 12.8. The van der Waals surface area contributed by atoms with Gasteiger partial charge >= 0.3 is 23.9 Å². The van der Waals surface area contributed by atoms with E-state index in [-0.39, 0.29) is 12.8 Å². The van der Waals surface area contributed by atoms with E-state index in [1.807, 2.05) is 20.8 Å². The lowest BCUT2D eigenvalue weighted by molar-refractivity contribution is -0.230. The van der Waals surface area contributed by atoms with Crippen molar-refractivity contribution in [1.29, 1.82) is 0 Å². The Morgan fingerprint density at radius 1 is 1.11 bits per heavy atom. The molecule has 0 aromatic heterocycles. The Morgan fingerprint density at radius 3 is 2.30 bits per heavy atom. The molecule has 2 saturated heterocycles. The van der Waals surface area contributed by atoms with Gasteiger partial charge in [-0.05, 0) is 38.7 Å². The maximum Gasteiger partial charge on any atom is 0.342 e. The number of carbonyl (C=O) groups excluding carboxylic acids is 4. The summed E-state index contributed by atoms with van der Waals surface area (Å²) in [6, 6.07) is 0. The van der Waals surface area contributed by atoms with Gasteiger partial charge in [-0.3, -0.25) is 14.4 Å². The van der Waals surface area contributed by atoms with Crippen LogP contribution in [-0.4, -0.2) is 70.7 Å². The standard InChI is InChI=1S/C27H38O10/c1-8-21(30)35-17-12-19(34-16(5)29)25(6)18(33-15(4)28)10-9-13(2)11-20-27(23(31)22(25)14(17)3)26(7,37-27)24(32)36-20/h11,14,17-20,22-23,31H,8-10,12H2,1-7H3/b13-11-/t14-,17-,18-,19-,20-,22+,23+,25-,26-,27-/m0/s1. The number of epoxide rings is 1. The van der Waals surface area contributed by atoms with E-state index in [1.54, 1.807) is 19.9 Å². The Balaban J connectivity index is 1.91. The second kappa shape index (κ2) is 9.38. The molecule has 0 bridgehead atoms. The van der Waals surface area contributed by atoms with E-state index in [0.717, 1.165) is 5.57 Å². The van der Waals surface area contributed by atoms with Crippen LogP contribution in [0.3, 0.4) is 0 Å². The summed E-state index contributed by atoms with van der Waals surface area (Å²) in [5.74, 6) is -3.28. The molecule has 2 heterocycles. The molecule has 10 heteroatoms. The Morgan fingerprint density at radius 2 is 1.73 bits per heavy atom. The molecule has 0 aromatic carbocycles. The molecule has 4 aliphatic rings. The minimum atomic E-state index is -1.39. The Hall–Kier alpha value is -2.46. The van der Waals surface area contributed by atoms with Crippen LogP contribution in [0, 0.1) is 17.3 Å². The Labute approximate surface area is 217 Å². The zero-order valence-corrected chi connectivity index (χ0v) is 22.6. The number of allylic oxidation sites excluding steroid dienone is 1. The van der Waals surface area contributed by atoms with Crippen molar-refractivity contribution in [2.45, 2.75) is 116 Å². The van der Waals surface area contributed by atoms with Gasteiger partial charge in [-0.15, -0.1) is 0 Å². The van der Waals surface area contributed by atoms with E-state index in [2.05, 4.69) is 0 Å². The lowest BCUT2D eigenvalue weighted by atomic mass is 9.53. The molecule has 0 amide bonds. The zero-order valence-electron chi connectivity index (χ0n) is 22.6. The van der Waals surface area contributed by atoms with Gasteiger partial charge in [0.15, 0.2) is 17.3 Å². The van der Waals surface area contributed by atoms with Crippen LogP contribution in [0.15, 0.2) is 11.6 Å². The summed E-state index contributed by atoms with van der Waals surface area (Å²) in [5, 5.41) is 12.2. The molecular formula is C27H38O10. The summed E-state index contributed by atoms with van der Waals surface area (Å²) < 4.78 is 29.2. The molecule has 2 aliphatic carbocycles. The molecule has 1 saturated carbocycles. The second-order valence-electron chi connectivity index (χ2n) is 11.3. The normalized spacial score (nSPS) is 46.1. The largest absolute Gasteiger partial charge is 0.462 e. The minimum Gasteiger partial charge on any atom is -0.462 e. The molecule has 0 unspecified atom stereocenters. The SMILES string of the molecule is CCC(=O)O[C@H]1C[C@H](OC(C)=O)[C@@]2(C)[C@H]([C@H]1C)[C@@H](O)[C@]13O[C@@]1(C)C(=O)O[C@H]3/C=C(/C)CC[C@@H]2OC(C)=O. The topological polar surface area (TPSA) is 138 Å².